The molecule has 0 aromatic heterocycles. The summed E-state index contributed by atoms with van der Waals surface area (Å²) < 4.78 is 0. The average molecular weight is 168 g/mol. The number of likely N-dealkylation sites (N-methyl/N-ethyl adjacent to an activating group) is 2. The van der Waals surface area contributed by atoms with Gasteiger partial charge >= 0.3 is 0 Å². The Bertz CT molecular complexity index is 137. The van der Waals surface area contributed by atoms with Crippen molar-refractivity contribution >= 4 is 0 Å². The second kappa shape index (κ2) is 7.15. The van der Waals surface area contributed by atoms with Gasteiger partial charge in [0.25, 0.3) is 0 Å². The second-order valence-electron chi connectivity index (χ2n) is 3.09. The Balaban J connectivity index is 3.43. The summed E-state index contributed by atoms with van der Waals surface area (Å²) in [5.74, 6) is 2.68. The molecule has 0 spiro atoms. The summed E-state index contributed by atoms with van der Waals surface area (Å²) in [6.07, 6.45) is 6.07. The van der Waals surface area contributed by atoms with Crippen molar-refractivity contribution < 1.29 is 0 Å². The summed E-state index contributed by atoms with van der Waals surface area (Å²) in [5.41, 5.74) is 0. The van der Waals surface area contributed by atoms with Crippen LogP contribution in [0, 0.1) is 12.3 Å². The molecule has 0 bridgehead atoms. The molecule has 0 aliphatic rings. The lowest BCUT2D eigenvalue weighted by Crippen LogP contribution is -2.35. The van der Waals surface area contributed by atoms with Gasteiger partial charge in [0, 0.05) is 25.6 Å². The second-order valence-corrected chi connectivity index (χ2v) is 3.09. The molecule has 0 radical (unpaired) electrons. The van der Waals surface area contributed by atoms with Crippen molar-refractivity contribution in [3.05, 3.63) is 0 Å². The molecule has 0 rings (SSSR count). The first kappa shape index (κ1) is 11.5. The van der Waals surface area contributed by atoms with Crippen LogP contribution in [0.1, 0.15) is 20.3 Å². The Hall–Kier alpha value is -0.520. The minimum Gasteiger partial charge on any atom is -0.316 e. The molecule has 2 heteroatoms. The highest BCUT2D eigenvalue weighted by atomic mass is 15.1. The zero-order chi connectivity index (χ0) is 9.40. The summed E-state index contributed by atoms with van der Waals surface area (Å²) in [5, 5.41) is 3.28. The molecule has 0 aromatic carbocycles. The Morgan fingerprint density at radius 1 is 1.58 bits per heavy atom. The number of terminal acetylenes is 1. The molecule has 70 valence electrons. The molecule has 2 nitrogen and oxygen atoms in total. The topological polar surface area (TPSA) is 15.3 Å². The summed E-state index contributed by atoms with van der Waals surface area (Å²) in [7, 11) is 2.11. The Kier molecular flexibility index (Phi) is 6.84. The van der Waals surface area contributed by atoms with Crippen LogP contribution in [0.15, 0.2) is 0 Å². The molecule has 0 amide bonds. The minimum absolute atomic E-state index is 0.494. The zero-order valence-electron chi connectivity index (χ0n) is 8.43. The van der Waals surface area contributed by atoms with Gasteiger partial charge in [-0.2, -0.15) is 0 Å². The Labute approximate surface area is 76.3 Å². The first-order valence-electron chi connectivity index (χ1n) is 4.56. The van der Waals surface area contributed by atoms with Crippen molar-refractivity contribution in [3.8, 4) is 12.3 Å². The summed E-state index contributed by atoms with van der Waals surface area (Å²) in [6, 6.07) is 0.494. The maximum Gasteiger partial charge on any atom is 0.0240 e. The first-order chi connectivity index (χ1) is 5.72. The van der Waals surface area contributed by atoms with Gasteiger partial charge in [-0.25, -0.2) is 0 Å². The van der Waals surface area contributed by atoms with E-state index in [4.69, 9.17) is 6.42 Å². The molecule has 1 atom stereocenters. The average Bonchev–Trinajstić information content (AvgIpc) is 2.05. The van der Waals surface area contributed by atoms with E-state index < -0.39 is 0 Å². The van der Waals surface area contributed by atoms with Gasteiger partial charge in [0.2, 0.25) is 0 Å². The lowest BCUT2D eigenvalue weighted by molar-refractivity contribution is 0.261. The molecular weight excluding hydrogens is 148 g/mol. The van der Waals surface area contributed by atoms with Crippen molar-refractivity contribution in [2.45, 2.75) is 26.3 Å². The van der Waals surface area contributed by atoms with Gasteiger partial charge in [0.15, 0.2) is 0 Å². The van der Waals surface area contributed by atoms with Crippen LogP contribution in [-0.2, 0) is 0 Å². The molecule has 1 unspecified atom stereocenters. The van der Waals surface area contributed by atoms with E-state index in [0.29, 0.717) is 6.04 Å². The Morgan fingerprint density at radius 3 is 2.75 bits per heavy atom. The number of hydrogen-bond acceptors (Lipinski definition) is 2. The van der Waals surface area contributed by atoms with Crippen molar-refractivity contribution in [1.29, 1.82) is 0 Å². The quantitative estimate of drug-likeness (QED) is 0.469. The number of nitrogens with one attached hydrogen (secondary N) is 1. The third-order valence-electron chi connectivity index (χ3n) is 2.06. The summed E-state index contributed by atoms with van der Waals surface area (Å²) in [4.78, 5) is 2.28. The van der Waals surface area contributed by atoms with Crippen LogP contribution in [0.2, 0.25) is 0 Å². The van der Waals surface area contributed by atoms with Gasteiger partial charge in [0.1, 0.15) is 0 Å². The van der Waals surface area contributed by atoms with Crippen LogP contribution >= 0.6 is 0 Å². The van der Waals surface area contributed by atoms with E-state index in [-0.39, 0.29) is 0 Å². The highest BCUT2D eigenvalue weighted by Gasteiger charge is 2.05. The van der Waals surface area contributed by atoms with Gasteiger partial charge in [-0.1, -0.05) is 6.92 Å². The van der Waals surface area contributed by atoms with E-state index in [0.717, 1.165) is 26.1 Å². The zero-order valence-corrected chi connectivity index (χ0v) is 8.43. The molecule has 0 fully saturated rings. The molecule has 0 saturated heterocycles. The van der Waals surface area contributed by atoms with Gasteiger partial charge < -0.3 is 10.2 Å². The van der Waals surface area contributed by atoms with E-state index in [2.05, 4.69) is 37.0 Å². The largest absolute Gasteiger partial charge is 0.316 e. The molecule has 0 aromatic rings. The standard InChI is InChI=1S/C10H20N2/c1-5-7-10(3)12(4)9-8-11-6-2/h1,10-11H,6-9H2,2-4H3. The van der Waals surface area contributed by atoms with Crippen LogP contribution in [0.3, 0.4) is 0 Å². The van der Waals surface area contributed by atoms with Crippen molar-refractivity contribution in [2.75, 3.05) is 26.7 Å². The lowest BCUT2D eigenvalue weighted by Gasteiger charge is -2.22. The fraction of sp³-hybridized carbons (Fsp3) is 0.800. The molecule has 0 aliphatic heterocycles. The van der Waals surface area contributed by atoms with Crippen molar-refractivity contribution in [2.24, 2.45) is 0 Å². The smallest absolute Gasteiger partial charge is 0.0240 e. The van der Waals surface area contributed by atoms with Crippen molar-refractivity contribution in [1.82, 2.24) is 10.2 Å². The van der Waals surface area contributed by atoms with Gasteiger partial charge in [-0.05, 0) is 20.5 Å². The molecule has 0 saturated carbocycles. The number of hydrogen-bond donors (Lipinski definition) is 1. The predicted molar refractivity (Wildman–Crippen MR) is 54.1 cm³/mol. The highest BCUT2D eigenvalue weighted by Crippen LogP contribution is 1.97. The SMILES string of the molecule is C#CCC(C)N(C)CCNCC. The Morgan fingerprint density at radius 2 is 2.25 bits per heavy atom. The van der Waals surface area contributed by atoms with Crippen LogP contribution in [0.5, 0.6) is 0 Å². The minimum atomic E-state index is 0.494. The maximum absolute atomic E-state index is 5.23. The molecule has 12 heavy (non-hydrogen) atoms. The van der Waals surface area contributed by atoms with Crippen LogP contribution < -0.4 is 5.32 Å². The normalized spacial score (nSPS) is 12.9. The van der Waals surface area contributed by atoms with E-state index in [1.165, 1.54) is 0 Å². The van der Waals surface area contributed by atoms with Gasteiger partial charge in [-0.15, -0.1) is 12.3 Å². The maximum atomic E-state index is 5.23. The van der Waals surface area contributed by atoms with E-state index in [1.54, 1.807) is 0 Å². The fourth-order valence-corrected chi connectivity index (χ4v) is 0.979. The predicted octanol–water partition coefficient (Wildman–Crippen LogP) is 0.940. The fourth-order valence-electron chi connectivity index (χ4n) is 0.979. The van der Waals surface area contributed by atoms with E-state index in [1.807, 2.05) is 0 Å². The van der Waals surface area contributed by atoms with Crippen LogP contribution in [0.25, 0.3) is 0 Å². The van der Waals surface area contributed by atoms with Crippen LogP contribution in [-0.4, -0.2) is 37.6 Å². The van der Waals surface area contributed by atoms with Crippen molar-refractivity contribution in [3.63, 3.8) is 0 Å². The van der Waals surface area contributed by atoms with E-state index >= 15 is 0 Å². The highest BCUT2D eigenvalue weighted by molar-refractivity contribution is 4.88. The molecule has 0 aliphatic carbocycles. The summed E-state index contributed by atoms with van der Waals surface area (Å²) >= 11 is 0. The van der Waals surface area contributed by atoms with Gasteiger partial charge in [-0.3, -0.25) is 0 Å². The first-order valence-corrected chi connectivity index (χ1v) is 4.56. The molecule has 1 N–H and O–H groups in total. The lowest BCUT2D eigenvalue weighted by atomic mass is 10.2. The number of nitrogens with zero attached hydrogens (tertiary/aromatic N) is 1. The summed E-state index contributed by atoms with van der Waals surface area (Å²) in [6.45, 7) is 7.42. The third kappa shape index (κ3) is 5.17. The third-order valence-corrected chi connectivity index (χ3v) is 2.06. The van der Waals surface area contributed by atoms with E-state index in [9.17, 15) is 0 Å². The number of rotatable bonds is 6. The molecule has 0 heterocycles. The van der Waals surface area contributed by atoms with Gasteiger partial charge in [0.05, 0.1) is 0 Å². The monoisotopic (exact) mass is 168 g/mol. The molecular formula is C10H20N2. The van der Waals surface area contributed by atoms with Crippen LogP contribution in [0.4, 0.5) is 0 Å².